The minimum absolute atomic E-state index is 0.0938. The van der Waals surface area contributed by atoms with Crippen molar-refractivity contribution in [3.8, 4) is 0 Å². The molecule has 0 aromatic heterocycles. The molecule has 1 radical (unpaired) electrons. The molecule has 0 saturated carbocycles. The number of hydrogen-bond donors (Lipinski definition) is 0. The van der Waals surface area contributed by atoms with E-state index >= 15 is 0 Å². The number of aryl methyl sites for hydroxylation is 1. The summed E-state index contributed by atoms with van der Waals surface area (Å²) in [6.45, 7) is 1.77. The highest BCUT2D eigenvalue weighted by atomic mass is 32.2. The summed E-state index contributed by atoms with van der Waals surface area (Å²) in [5, 5.41) is 0. The van der Waals surface area contributed by atoms with Crippen LogP contribution in [0.5, 0.6) is 0 Å². The van der Waals surface area contributed by atoms with Gasteiger partial charge in [-0.25, -0.2) is 4.39 Å². The Hall–Kier alpha value is -0.500. The topological polar surface area (TPSA) is 0 Å². The van der Waals surface area contributed by atoms with Crippen LogP contribution in [0.3, 0.4) is 0 Å². The minimum Gasteiger partial charge on any atom is -0.206 e. The second-order valence-electron chi connectivity index (χ2n) is 2.40. The largest absolute Gasteiger partial charge is 0.206 e. The SMILES string of the molecule is [CH2]SCc1cccc(C)c1F. The van der Waals surface area contributed by atoms with Gasteiger partial charge in [0.25, 0.3) is 0 Å². The molecule has 1 aromatic carbocycles. The molecule has 0 amide bonds. The summed E-state index contributed by atoms with van der Waals surface area (Å²) in [5.41, 5.74) is 1.45. The Bertz CT molecular complexity index is 245. The van der Waals surface area contributed by atoms with Gasteiger partial charge in [-0.2, -0.15) is 11.8 Å². The average Bonchev–Trinajstić information content (AvgIpc) is 1.99. The van der Waals surface area contributed by atoms with E-state index in [1.165, 1.54) is 11.8 Å². The maximum Gasteiger partial charge on any atom is 0.130 e. The first-order chi connectivity index (χ1) is 5.25. The Morgan fingerprint density at radius 3 is 2.91 bits per heavy atom. The molecule has 11 heavy (non-hydrogen) atoms. The number of benzene rings is 1. The van der Waals surface area contributed by atoms with E-state index in [0.29, 0.717) is 11.3 Å². The normalized spacial score (nSPS) is 10.1. The summed E-state index contributed by atoms with van der Waals surface area (Å²) in [7, 11) is 0. The first-order valence-corrected chi connectivity index (χ1v) is 4.52. The van der Waals surface area contributed by atoms with Crippen molar-refractivity contribution in [3.05, 3.63) is 41.4 Å². The van der Waals surface area contributed by atoms with Crippen LogP contribution in [-0.2, 0) is 5.75 Å². The van der Waals surface area contributed by atoms with E-state index in [4.69, 9.17) is 0 Å². The van der Waals surface area contributed by atoms with Gasteiger partial charge in [-0.05, 0) is 18.1 Å². The predicted octanol–water partition coefficient (Wildman–Crippen LogP) is 3.16. The molecule has 0 N–H and O–H groups in total. The van der Waals surface area contributed by atoms with Gasteiger partial charge < -0.3 is 0 Å². The average molecular weight is 169 g/mol. The third-order valence-corrected chi connectivity index (χ3v) is 2.04. The Balaban J connectivity index is 2.96. The maximum atomic E-state index is 13.1. The van der Waals surface area contributed by atoms with Gasteiger partial charge in [0.2, 0.25) is 0 Å². The standard InChI is InChI=1S/C9H10FS/c1-7-4-3-5-8(6-11-2)9(7)10/h3-5H,2,6H2,1H3. The molecule has 0 atom stereocenters. The first-order valence-electron chi connectivity index (χ1n) is 3.36. The van der Waals surface area contributed by atoms with Gasteiger partial charge >= 0.3 is 0 Å². The molecule has 0 fully saturated rings. The van der Waals surface area contributed by atoms with Crippen molar-refractivity contribution in [2.24, 2.45) is 0 Å². The highest BCUT2D eigenvalue weighted by Gasteiger charge is 2.02. The predicted molar refractivity (Wildman–Crippen MR) is 47.8 cm³/mol. The molecule has 0 spiro atoms. The third-order valence-electron chi connectivity index (χ3n) is 1.53. The van der Waals surface area contributed by atoms with Crippen LogP contribution in [0.2, 0.25) is 0 Å². The van der Waals surface area contributed by atoms with E-state index in [1.54, 1.807) is 19.1 Å². The van der Waals surface area contributed by atoms with Crippen LogP contribution in [0.15, 0.2) is 18.2 Å². The molecule has 0 heterocycles. The van der Waals surface area contributed by atoms with Crippen molar-refractivity contribution in [1.29, 1.82) is 0 Å². The van der Waals surface area contributed by atoms with E-state index in [2.05, 4.69) is 6.26 Å². The van der Waals surface area contributed by atoms with E-state index in [1.807, 2.05) is 6.07 Å². The summed E-state index contributed by atoms with van der Waals surface area (Å²) in [6.07, 6.45) is 3.60. The smallest absolute Gasteiger partial charge is 0.130 e. The Labute approximate surface area is 70.8 Å². The van der Waals surface area contributed by atoms with Gasteiger partial charge in [-0.15, -0.1) is 0 Å². The van der Waals surface area contributed by atoms with Gasteiger partial charge in [0, 0.05) is 12.0 Å². The highest BCUT2D eigenvalue weighted by Crippen LogP contribution is 2.16. The lowest BCUT2D eigenvalue weighted by molar-refractivity contribution is 0.608. The summed E-state index contributed by atoms with van der Waals surface area (Å²) in [4.78, 5) is 0. The highest BCUT2D eigenvalue weighted by molar-refractivity contribution is 7.99. The van der Waals surface area contributed by atoms with Crippen LogP contribution in [0.1, 0.15) is 11.1 Å². The van der Waals surface area contributed by atoms with E-state index in [0.717, 1.165) is 5.56 Å². The molecule has 1 aromatic rings. The molecule has 0 aliphatic heterocycles. The molecule has 1 rings (SSSR count). The third kappa shape index (κ3) is 1.96. The quantitative estimate of drug-likeness (QED) is 0.655. The minimum atomic E-state index is -0.0938. The number of rotatable bonds is 2. The van der Waals surface area contributed by atoms with Gasteiger partial charge in [0.15, 0.2) is 0 Å². The fourth-order valence-corrected chi connectivity index (χ4v) is 1.37. The monoisotopic (exact) mass is 169 g/mol. The zero-order valence-corrected chi connectivity index (χ0v) is 7.25. The zero-order valence-electron chi connectivity index (χ0n) is 6.43. The lowest BCUT2D eigenvalue weighted by atomic mass is 10.1. The van der Waals surface area contributed by atoms with Gasteiger partial charge in [-0.3, -0.25) is 0 Å². The molecule has 2 heteroatoms. The second kappa shape index (κ2) is 3.77. The Kier molecular flexibility index (Phi) is 2.94. The molecule has 0 bridgehead atoms. The molecule has 0 aliphatic carbocycles. The summed E-state index contributed by atoms with van der Waals surface area (Å²) in [5.74, 6) is 0.553. The first kappa shape index (κ1) is 8.60. The van der Waals surface area contributed by atoms with Crippen molar-refractivity contribution in [2.45, 2.75) is 12.7 Å². The molecule has 59 valence electrons. The van der Waals surface area contributed by atoms with Gasteiger partial charge in [0.1, 0.15) is 5.82 Å². The fraction of sp³-hybridized carbons (Fsp3) is 0.222. The molecular weight excluding hydrogens is 159 g/mol. The van der Waals surface area contributed by atoms with Crippen LogP contribution in [-0.4, -0.2) is 0 Å². The van der Waals surface area contributed by atoms with Crippen LogP contribution < -0.4 is 0 Å². The number of hydrogen-bond acceptors (Lipinski definition) is 1. The van der Waals surface area contributed by atoms with Crippen molar-refractivity contribution in [1.82, 2.24) is 0 Å². The van der Waals surface area contributed by atoms with E-state index in [-0.39, 0.29) is 5.82 Å². The molecule has 0 nitrogen and oxygen atoms in total. The summed E-state index contributed by atoms with van der Waals surface area (Å²) >= 11 is 1.39. The lowest BCUT2D eigenvalue weighted by Gasteiger charge is -2.02. The zero-order chi connectivity index (χ0) is 8.27. The van der Waals surface area contributed by atoms with Gasteiger partial charge in [-0.1, -0.05) is 18.2 Å². The van der Waals surface area contributed by atoms with Crippen molar-refractivity contribution >= 4 is 11.8 Å². The van der Waals surface area contributed by atoms with E-state index in [9.17, 15) is 4.39 Å². The number of halogens is 1. The van der Waals surface area contributed by atoms with Crippen molar-refractivity contribution in [2.75, 3.05) is 0 Å². The number of thioether (sulfide) groups is 1. The Morgan fingerprint density at radius 2 is 2.27 bits per heavy atom. The second-order valence-corrected chi connectivity index (χ2v) is 3.09. The Morgan fingerprint density at radius 1 is 1.55 bits per heavy atom. The molecule has 0 saturated heterocycles. The molecule has 0 unspecified atom stereocenters. The van der Waals surface area contributed by atoms with E-state index < -0.39 is 0 Å². The summed E-state index contributed by atoms with van der Waals surface area (Å²) < 4.78 is 13.1. The van der Waals surface area contributed by atoms with Crippen molar-refractivity contribution in [3.63, 3.8) is 0 Å². The molecule has 0 aliphatic rings. The lowest BCUT2D eigenvalue weighted by Crippen LogP contribution is -1.89. The molecular formula is C9H10FS. The van der Waals surface area contributed by atoms with Gasteiger partial charge in [0.05, 0.1) is 0 Å². The fourth-order valence-electron chi connectivity index (χ4n) is 0.930. The maximum absolute atomic E-state index is 13.1. The van der Waals surface area contributed by atoms with Crippen LogP contribution in [0.4, 0.5) is 4.39 Å². The van der Waals surface area contributed by atoms with Crippen molar-refractivity contribution < 1.29 is 4.39 Å². The van der Waals surface area contributed by atoms with Crippen LogP contribution >= 0.6 is 11.8 Å². The summed E-state index contributed by atoms with van der Waals surface area (Å²) in [6, 6.07) is 5.43. The van der Waals surface area contributed by atoms with Crippen LogP contribution in [0, 0.1) is 19.0 Å². The van der Waals surface area contributed by atoms with Crippen LogP contribution in [0.25, 0.3) is 0 Å².